The summed E-state index contributed by atoms with van der Waals surface area (Å²) in [6.07, 6.45) is 6.67. The van der Waals surface area contributed by atoms with Crippen molar-refractivity contribution in [2.24, 2.45) is 5.92 Å². The van der Waals surface area contributed by atoms with Crippen molar-refractivity contribution >= 4 is 5.82 Å². The molecular weight excluding hydrogens is 433 g/mol. The summed E-state index contributed by atoms with van der Waals surface area (Å²) in [6.45, 7) is 8.48. The Labute approximate surface area is 208 Å². The van der Waals surface area contributed by atoms with Crippen LogP contribution in [0, 0.1) is 37.4 Å². The van der Waals surface area contributed by atoms with Gasteiger partial charge in [0.15, 0.2) is 5.82 Å². The summed E-state index contributed by atoms with van der Waals surface area (Å²) >= 11 is 0. The summed E-state index contributed by atoms with van der Waals surface area (Å²) in [5.74, 6) is 7.73. The molecule has 0 radical (unpaired) electrons. The summed E-state index contributed by atoms with van der Waals surface area (Å²) in [5.41, 5.74) is 8.34. The monoisotopic (exact) mass is 467 g/mol. The normalized spacial score (nSPS) is 17.7. The highest BCUT2D eigenvalue weighted by Gasteiger charge is 2.44. The largest absolute Gasteiger partial charge is 0.368 e. The predicted molar refractivity (Wildman–Crippen MR) is 143 cm³/mol. The fraction of sp³-hybridized carbons (Fsp3) is 0.355. The number of hydrogen-bond donors (Lipinski definition) is 1. The Morgan fingerprint density at radius 2 is 1.86 bits per heavy atom. The van der Waals surface area contributed by atoms with E-state index in [-0.39, 0.29) is 18.9 Å². The second-order valence-corrected chi connectivity index (χ2v) is 9.82. The highest BCUT2D eigenvalue weighted by molar-refractivity contribution is 5.63. The molecule has 2 atom stereocenters. The van der Waals surface area contributed by atoms with E-state index < -0.39 is 0 Å². The molecule has 3 nitrogen and oxygen atoms in total. The van der Waals surface area contributed by atoms with Crippen LogP contribution in [0.2, 0.25) is 0 Å². The number of aromatic nitrogens is 2. The zero-order chi connectivity index (χ0) is 23.8. The minimum Gasteiger partial charge on any atom is -0.368 e. The molecule has 0 saturated heterocycles. The maximum atomic E-state index is 14.7. The highest BCUT2D eigenvalue weighted by Crippen LogP contribution is 2.55. The zero-order valence-corrected chi connectivity index (χ0v) is 20.2. The molecule has 5 rings (SSSR count). The van der Waals surface area contributed by atoms with Crippen LogP contribution < -0.4 is 5.32 Å². The smallest absolute Gasteiger partial charge is 0.158 e. The van der Waals surface area contributed by atoms with Crippen molar-refractivity contribution in [3.05, 3.63) is 88.1 Å². The molecule has 0 aliphatic heterocycles. The molecule has 0 bridgehead atoms. The standard InChI is InChI=1S/C30H30FN3.CH4/c1-18(2)33-29-14-20(4)24-13-12-22(25-16-26(25)30(24)34-29)6-5-7-28-27(31)15-23(17-32-28)21-10-8-19(3)9-11-21;/h8-12,14-15,17-18,25-26H,6,13,16H2,1-4H3,(H,33,34);1H4. The van der Waals surface area contributed by atoms with Crippen molar-refractivity contribution in [3.8, 4) is 23.0 Å². The molecule has 2 aliphatic carbocycles. The van der Waals surface area contributed by atoms with Crippen LogP contribution in [-0.2, 0) is 6.42 Å². The van der Waals surface area contributed by atoms with Gasteiger partial charge in [-0.05, 0) is 81.2 Å². The number of benzene rings is 1. The Balaban J connectivity index is 0.00000289. The van der Waals surface area contributed by atoms with Crippen LogP contribution >= 0.6 is 0 Å². The maximum absolute atomic E-state index is 14.7. The molecule has 2 aliphatic rings. The van der Waals surface area contributed by atoms with Crippen LogP contribution in [0.1, 0.15) is 68.1 Å². The number of allylic oxidation sites excluding steroid dienone is 2. The van der Waals surface area contributed by atoms with E-state index in [4.69, 9.17) is 4.98 Å². The average Bonchev–Trinajstić information content (AvgIpc) is 3.59. The summed E-state index contributed by atoms with van der Waals surface area (Å²) in [6, 6.07) is 12.0. The van der Waals surface area contributed by atoms with Gasteiger partial charge in [-0.3, -0.25) is 0 Å². The van der Waals surface area contributed by atoms with Crippen LogP contribution in [0.25, 0.3) is 11.1 Å². The minimum atomic E-state index is -0.373. The molecule has 0 amide bonds. The number of aryl methyl sites for hydroxylation is 2. The lowest BCUT2D eigenvalue weighted by Crippen LogP contribution is -2.13. The third kappa shape index (κ3) is 5.30. The second-order valence-electron chi connectivity index (χ2n) is 9.82. The van der Waals surface area contributed by atoms with Gasteiger partial charge in [0.25, 0.3) is 0 Å². The first kappa shape index (κ1) is 24.7. The fourth-order valence-corrected chi connectivity index (χ4v) is 4.82. The minimum absolute atomic E-state index is 0. The number of fused-ring (bicyclic) bond motifs is 3. The van der Waals surface area contributed by atoms with Gasteiger partial charge in [-0.15, -0.1) is 0 Å². The van der Waals surface area contributed by atoms with E-state index in [2.05, 4.69) is 55.1 Å². The predicted octanol–water partition coefficient (Wildman–Crippen LogP) is 7.38. The zero-order valence-electron chi connectivity index (χ0n) is 20.2. The van der Waals surface area contributed by atoms with E-state index in [9.17, 15) is 4.39 Å². The number of hydrogen-bond acceptors (Lipinski definition) is 3. The van der Waals surface area contributed by atoms with E-state index in [0.717, 1.165) is 29.8 Å². The molecule has 1 fully saturated rings. The summed E-state index contributed by atoms with van der Waals surface area (Å²) in [4.78, 5) is 9.27. The van der Waals surface area contributed by atoms with Crippen LogP contribution in [0.4, 0.5) is 10.2 Å². The Hall–Kier alpha value is -3.45. The summed E-state index contributed by atoms with van der Waals surface area (Å²) in [7, 11) is 0. The van der Waals surface area contributed by atoms with E-state index in [0.29, 0.717) is 24.3 Å². The van der Waals surface area contributed by atoms with Gasteiger partial charge in [0.2, 0.25) is 0 Å². The topological polar surface area (TPSA) is 37.8 Å². The lowest BCUT2D eigenvalue weighted by atomic mass is 10.0. The Kier molecular flexibility index (Phi) is 7.08. The van der Waals surface area contributed by atoms with Crippen LogP contribution in [0.5, 0.6) is 0 Å². The molecule has 1 saturated carbocycles. The van der Waals surface area contributed by atoms with Gasteiger partial charge in [-0.1, -0.05) is 54.8 Å². The number of rotatable bonds is 4. The summed E-state index contributed by atoms with van der Waals surface area (Å²) < 4.78 is 14.7. The molecule has 0 spiro atoms. The first-order valence-corrected chi connectivity index (χ1v) is 12.1. The molecule has 1 N–H and O–H groups in total. The van der Waals surface area contributed by atoms with E-state index >= 15 is 0 Å². The van der Waals surface area contributed by atoms with E-state index in [1.54, 1.807) is 6.20 Å². The van der Waals surface area contributed by atoms with Crippen molar-refractivity contribution in [2.75, 3.05) is 5.32 Å². The number of nitrogens with zero attached hydrogens (tertiary/aromatic N) is 2. The lowest BCUT2D eigenvalue weighted by Gasteiger charge is -2.15. The van der Waals surface area contributed by atoms with Gasteiger partial charge in [-0.25, -0.2) is 14.4 Å². The molecule has 2 heterocycles. The molecular formula is C31H34FN3. The van der Waals surface area contributed by atoms with Gasteiger partial charge in [-0.2, -0.15) is 0 Å². The van der Waals surface area contributed by atoms with Crippen LogP contribution in [0.15, 0.2) is 54.2 Å². The fourth-order valence-electron chi connectivity index (χ4n) is 4.82. The Morgan fingerprint density at radius 1 is 1.09 bits per heavy atom. The molecule has 35 heavy (non-hydrogen) atoms. The quantitative estimate of drug-likeness (QED) is 0.321. The van der Waals surface area contributed by atoms with Crippen molar-refractivity contribution in [3.63, 3.8) is 0 Å². The van der Waals surface area contributed by atoms with Crippen LogP contribution in [0.3, 0.4) is 0 Å². The van der Waals surface area contributed by atoms with Crippen molar-refractivity contribution in [1.29, 1.82) is 0 Å². The van der Waals surface area contributed by atoms with Gasteiger partial charge >= 0.3 is 0 Å². The number of nitrogens with one attached hydrogen (secondary N) is 1. The Bertz CT molecular complexity index is 1330. The first-order valence-electron chi connectivity index (χ1n) is 12.1. The van der Waals surface area contributed by atoms with E-state index in [1.807, 2.05) is 31.2 Å². The SMILES string of the molecule is C.Cc1ccc(-c2cnc(C#CCC3=CCc4c(C)cc(NC(C)C)nc4C4CC34)c(F)c2)cc1. The number of pyridine rings is 2. The van der Waals surface area contributed by atoms with Gasteiger partial charge in [0.05, 0.1) is 5.69 Å². The molecule has 4 heteroatoms. The Morgan fingerprint density at radius 3 is 2.57 bits per heavy atom. The summed E-state index contributed by atoms with van der Waals surface area (Å²) in [5, 5.41) is 3.45. The van der Waals surface area contributed by atoms with Crippen molar-refractivity contribution in [2.45, 2.75) is 66.3 Å². The molecule has 180 valence electrons. The number of halogens is 1. The van der Waals surface area contributed by atoms with Crippen LogP contribution in [-0.4, -0.2) is 16.0 Å². The third-order valence-electron chi connectivity index (χ3n) is 6.73. The maximum Gasteiger partial charge on any atom is 0.158 e. The molecule has 1 aromatic carbocycles. The van der Waals surface area contributed by atoms with Crippen molar-refractivity contribution < 1.29 is 4.39 Å². The molecule has 3 aromatic rings. The first-order chi connectivity index (χ1) is 16.4. The second kappa shape index (κ2) is 10.0. The van der Waals surface area contributed by atoms with Crippen molar-refractivity contribution in [1.82, 2.24) is 9.97 Å². The molecule has 2 aromatic heterocycles. The highest BCUT2D eigenvalue weighted by atomic mass is 19.1. The van der Waals surface area contributed by atoms with Gasteiger partial charge in [0.1, 0.15) is 11.5 Å². The average molecular weight is 468 g/mol. The van der Waals surface area contributed by atoms with E-state index in [1.165, 1.54) is 34.0 Å². The van der Waals surface area contributed by atoms with Gasteiger partial charge in [0, 0.05) is 30.1 Å². The lowest BCUT2D eigenvalue weighted by molar-refractivity contribution is 0.617. The third-order valence-corrected chi connectivity index (χ3v) is 6.73. The van der Waals surface area contributed by atoms with Gasteiger partial charge < -0.3 is 5.32 Å². The number of anilines is 1. The molecule has 2 unspecified atom stereocenters.